The van der Waals surface area contributed by atoms with Crippen LogP contribution in [0, 0.1) is 5.92 Å². The summed E-state index contributed by atoms with van der Waals surface area (Å²) < 4.78 is 10.5. The number of carbonyl (C=O) groups excluding carboxylic acids is 3. The molecule has 1 atom stereocenters. The molecular formula is C22H24ClNO5. The minimum Gasteiger partial charge on any atom is -0.493 e. The number of esters is 1. The first-order valence-electron chi connectivity index (χ1n) is 9.19. The van der Waals surface area contributed by atoms with E-state index in [9.17, 15) is 14.4 Å². The van der Waals surface area contributed by atoms with Gasteiger partial charge in [-0.05, 0) is 48.5 Å². The molecule has 2 rings (SSSR count). The van der Waals surface area contributed by atoms with E-state index in [1.807, 2.05) is 0 Å². The van der Waals surface area contributed by atoms with E-state index in [1.54, 1.807) is 62.5 Å². The smallest absolute Gasteiger partial charge is 0.302 e. The van der Waals surface area contributed by atoms with E-state index in [-0.39, 0.29) is 36.8 Å². The molecule has 0 N–H and O–H groups in total. The van der Waals surface area contributed by atoms with E-state index in [4.69, 9.17) is 21.1 Å². The first kappa shape index (κ1) is 22.4. The summed E-state index contributed by atoms with van der Waals surface area (Å²) in [7, 11) is 1.65. The van der Waals surface area contributed by atoms with Gasteiger partial charge in [0.2, 0.25) is 5.91 Å². The number of halogens is 1. The van der Waals surface area contributed by atoms with Gasteiger partial charge in [0.05, 0.1) is 19.1 Å². The van der Waals surface area contributed by atoms with Gasteiger partial charge < -0.3 is 14.4 Å². The molecule has 29 heavy (non-hydrogen) atoms. The van der Waals surface area contributed by atoms with Crippen LogP contribution in [0.25, 0.3) is 0 Å². The zero-order chi connectivity index (χ0) is 21.4. The van der Waals surface area contributed by atoms with Gasteiger partial charge in [-0.2, -0.15) is 0 Å². The summed E-state index contributed by atoms with van der Waals surface area (Å²) >= 11 is 5.85. The van der Waals surface area contributed by atoms with Gasteiger partial charge in [0, 0.05) is 30.1 Å². The van der Waals surface area contributed by atoms with E-state index in [0.29, 0.717) is 28.4 Å². The number of rotatable bonds is 9. The van der Waals surface area contributed by atoms with Crippen LogP contribution in [0.1, 0.15) is 29.8 Å². The molecule has 0 aliphatic carbocycles. The van der Waals surface area contributed by atoms with Crippen LogP contribution in [-0.2, 0) is 14.3 Å². The second-order valence-electron chi connectivity index (χ2n) is 6.67. The number of amides is 1. The van der Waals surface area contributed by atoms with Crippen molar-refractivity contribution in [3.63, 3.8) is 0 Å². The number of nitrogens with zero attached hydrogens (tertiary/aromatic N) is 1. The minimum atomic E-state index is -0.375. The molecule has 0 fully saturated rings. The third-order valence-corrected chi connectivity index (χ3v) is 4.50. The van der Waals surface area contributed by atoms with Crippen molar-refractivity contribution in [3.05, 3.63) is 64.7 Å². The third-order valence-electron chi connectivity index (χ3n) is 4.25. The maximum absolute atomic E-state index is 12.5. The summed E-state index contributed by atoms with van der Waals surface area (Å²) in [5.41, 5.74) is 1.09. The maximum atomic E-state index is 12.5. The average molecular weight is 418 g/mol. The van der Waals surface area contributed by atoms with Crippen molar-refractivity contribution in [2.75, 3.05) is 26.8 Å². The summed E-state index contributed by atoms with van der Waals surface area (Å²) in [6, 6.07) is 13.5. The molecule has 7 heteroatoms. The standard InChI is InChI=1S/C22H24ClNO5/c1-15(22(27)24(3)12-13-28-16(2)25)14-29-20-10-6-18(7-11-20)21(26)17-4-8-19(23)9-5-17/h4-11,15H,12-14H2,1-3H3. The van der Waals surface area contributed by atoms with Crippen molar-refractivity contribution in [1.82, 2.24) is 4.90 Å². The van der Waals surface area contributed by atoms with Crippen LogP contribution in [0.4, 0.5) is 0 Å². The Labute approximate surface area is 175 Å². The van der Waals surface area contributed by atoms with E-state index in [0.717, 1.165) is 0 Å². The first-order chi connectivity index (χ1) is 13.8. The lowest BCUT2D eigenvalue weighted by Gasteiger charge is -2.21. The molecular weight excluding hydrogens is 394 g/mol. The molecule has 0 radical (unpaired) electrons. The Morgan fingerprint density at radius 2 is 1.55 bits per heavy atom. The highest BCUT2D eigenvalue weighted by Crippen LogP contribution is 2.18. The SMILES string of the molecule is CC(=O)OCCN(C)C(=O)C(C)COc1ccc(C(=O)c2ccc(Cl)cc2)cc1. The van der Waals surface area contributed by atoms with Gasteiger partial charge in [-0.25, -0.2) is 0 Å². The Kier molecular flexibility index (Phi) is 8.21. The zero-order valence-corrected chi connectivity index (χ0v) is 17.4. The molecule has 154 valence electrons. The summed E-state index contributed by atoms with van der Waals surface area (Å²) in [4.78, 5) is 37.1. The molecule has 6 nitrogen and oxygen atoms in total. The Morgan fingerprint density at radius 3 is 2.10 bits per heavy atom. The summed E-state index contributed by atoms with van der Waals surface area (Å²) in [5.74, 6) is -0.384. The second kappa shape index (κ2) is 10.6. The van der Waals surface area contributed by atoms with Crippen molar-refractivity contribution in [3.8, 4) is 5.75 Å². The molecule has 0 aliphatic rings. The Morgan fingerprint density at radius 1 is 1.00 bits per heavy atom. The lowest BCUT2D eigenvalue weighted by molar-refractivity contribution is -0.144. The third kappa shape index (κ3) is 6.91. The zero-order valence-electron chi connectivity index (χ0n) is 16.7. The molecule has 2 aromatic rings. The van der Waals surface area contributed by atoms with E-state index < -0.39 is 0 Å². The predicted molar refractivity (Wildman–Crippen MR) is 110 cm³/mol. The molecule has 0 saturated heterocycles. The van der Waals surface area contributed by atoms with Crippen molar-refractivity contribution < 1.29 is 23.9 Å². The minimum absolute atomic E-state index is 0.105. The van der Waals surface area contributed by atoms with Gasteiger partial charge in [-0.1, -0.05) is 18.5 Å². The fraction of sp³-hybridized carbons (Fsp3) is 0.318. The average Bonchev–Trinajstić information content (AvgIpc) is 2.71. The molecule has 0 bridgehead atoms. The monoisotopic (exact) mass is 417 g/mol. The molecule has 0 heterocycles. The van der Waals surface area contributed by atoms with Gasteiger partial charge in [0.1, 0.15) is 12.4 Å². The van der Waals surface area contributed by atoms with Crippen molar-refractivity contribution in [2.24, 2.45) is 5.92 Å². The number of hydrogen-bond acceptors (Lipinski definition) is 5. The highest BCUT2D eigenvalue weighted by Gasteiger charge is 2.18. The van der Waals surface area contributed by atoms with Crippen molar-refractivity contribution in [2.45, 2.75) is 13.8 Å². The van der Waals surface area contributed by atoms with Crippen molar-refractivity contribution >= 4 is 29.3 Å². The largest absolute Gasteiger partial charge is 0.493 e. The first-order valence-corrected chi connectivity index (χ1v) is 9.57. The lowest BCUT2D eigenvalue weighted by atomic mass is 10.0. The summed E-state index contributed by atoms with van der Waals surface area (Å²) in [5, 5.41) is 0.575. The number of carbonyl (C=O) groups is 3. The van der Waals surface area contributed by atoms with Crippen molar-refractivity contribution in [1.29, 1.82) is 0 Å². The van der Waals surface area contributed by atoms with Crippen LogP contribution in [0.5, 0.6) is 5.75 Å². The molecule has 1 amide bonds. The molecule has 2 aromatic carbocycles. The number of benzene rings is 2. The Hall–Kier alpha value is -2.86. The van der Waals surface area contributed by atoms with Crippen LogP contribution in [0.2, 0.25) is 5.02 Å². The highest BCUT2D eigenvalue weighted by molar-refractivity contribution is 6.30. The normalized spacial score (nSPS) is 11.4. The molecule has 0 aromatic heterocycles. The van der Waals surface area contributed by atoms with Gasteiger partial charge in [0.15, 0.2) is 5.78 Å². The lowest BCUT2D eigenvalue weighted by Crippen LogP contribution is -2.36. The van der Waals surface area contributed by atoms with E-state index in [2.05, 4.69) is 0 Å². The van der Waals surface area contributed by atoms with Gasteiger partial charge >= 0.3 is 5.97 Å². The number of likely N-dealkylation sites (N-methyl/N-ethyl adjacent to an activating group) is 1. The number of ether oxygens (including phenoxy) is 2. The molecule has 0 spiro atoms. The molecule has 1 unspecified atom stereocenters. The van der Waals surface area contributed by atoms with Crippen LogP contribution in [0.15, 0.2) is 48.5 Å². The maximum Gasteiger partial charge on any atom is 0.302 e. The van der Waals surface area contributed by atoms with E-state index >= 15 is 0 Å². The van der Waals surface area contributed by atoms with Gasteiger partial charge in [-0.15, -0.1) is 0 Å². The number of ketones is 1. The van der Waals surface area contributed by atoms with Crippen LogP contribution >= 0.6 is 11.6 Å². The van der Waals surface area contributed by atoms with E-state index in [1.165, 1.54) is 11.8 Å². The Balaban J connectivity index is 1.86. The summed E-state index contributed by atoms with van der Waals surface area (Å²) in [6.07, 6.45) is 0. The Bertz CT molecular complexity index is 849. The van der Waals surface area contributed by atoms with Gasteiger partial charge in [-0.3, -0.25) is 14.4 Å². The topological polar surface area (TPSA) is 72.9 Å². The highest BCUT2D eigenvalue weighted by atomic mass is 35.5. The quantitative estimate of drug-likeness (QED) is 0.460. The molecule has 0 saturated carbocycles. The van der Waals surface area contributed by atoms with Crippen LogP contribution < -0.4 is 4.74 Å². The number of hydrogen-bond donors (Lipinski definition) is 0. The second-order valence-corrected chi connectivity index (χ2v) is 7.11. The predicted octanol–water partition coefficient (Wildman–Crippen LogP) is 3.61. The van der Waals surface area contributed by atoms with Gasteiger partial charge in [0.25, 0.3) is 0 Å². The van der Waals surface area contributed by atoms with Crippen LogP contribution in [-0.4, -0.2) is 49.4 Å². The fourth-order valence-corrected chi connectivity index (χ4v) is 2.70. The van der Waals surface area contributed by atoms with Crippen LogP contribution in [0.3, 0.4) is 0 Å². The molecule has 0 aliphatic heterocycles. The summed E-state index contributed by atoms with van der Waals surface area (Å²) in [6.45, 7) is 3.77. The fourth-order valence-electron chi connectivity index (χ4n) is 2.58.